The van der Waals surface area contributed by atoms with Gasteiger partial charge in [0, 0.05) is 18.4 Å². The Kier molecular flexibility index (Phi) is 2.74. The molecule has 1 aromatic heterocycles. The summed E-state index contributed by atoms with van der Waals surface area (Å²) in [5.74, 6) is 1.29. The number of aromatic amines is 1. The van der Waals surface area contributed by atoms with Gasteiger partial charge in [-0.3, -0.25) is 4.79 Å². The summed E-state index contributed by atoms with van der Waals surface area (Å²) in [7, 11) is 0. The molecule has 3 heteroatoms. The van der Waals surface area contributed by atoms with Gasteiger partial charge in [-0.2, -0.15) is 0 Å². The molecular weight excluding hydrogens is 224 g/mol. The fourth-order valence-corrected chi connectivity index (χ4v) is 2.19. The Balaban J connectivity index is 1.93. The highest BCUT2D eigenvalue weighted by Gasteiger charge is 2.25. The van der Waals surface area contributed by atoms with Gasteiger partial charge in [0.05, 0.1) is 5.69 Å². The molecule has 0 saturated heterocycles. The molecule has 1 aliphatic carbocycles. The van der Waals surface area contributed by atoms with Gasteiger partial charge in [-0.05, 0) is 30.9 Å². The van der Waals surface area contributed by atoms with Gasteiger partial charge >= 0.3 is 0 Å². The maximum atomic E-state index is 11.6. The number of aryl methyl sites for hydroxylation is 1. The third-order valence-electron chi connectivity index (χ3n) is 3.43. The van der Waals surface area contributed by atoms with Gasteiger partial charge < -0.3 is 4.98 Å². The zero-order chi connectivity index (χ0) is 12.5. The molecule has 1 aliphatic rings. The van der Waals surface area contributed by atoms with E-state index in [1.54, 1.807) is 6.07 Å². The number of nitrogens with one attached hydrogen (secondary N) is 1. The van der Waals surface area contributed by atoms with Crippen molar-refractivity contribution < 1.29 is 0 Å². The van der Waals surface area contributed by atoms with Gasteiger partial charge in [0.1, 0.15) is 5.82 Å². The monoisotopic (exact) mass is 240 g/mol. The maximum Gasteiger partial charge on any atom is 0.251 e. The van der Waals surface area contributed by atoms with Crippen molar-refractivity contribution in [2.45, 2.75) is 32.1 Å². The van der Waals surface area contributed by atoms with Crippen molar-refractivity contribution in [2.75, 3.05) is 0 Å². The first kappa shape index (κ1) is 11.2. The van der Waals surface area contributed by atoms with Gasteiger partial charge in [-0.25, -0.2) is 4.98 Å². The first-order valence-corrected chi connectivity index (χ1v) is 6.37. The molecule has 1 aromatic carbocycles. The highest BCUT2D eigenvalue weighted by Crippen LogP contribution is 2.38. The number of H-pyrrole nitrogens is 1. The van der Waals surface area contributed by atoms with E-state index in [2.05, 4.69) is 29.0 Å². The molecule has 0 atom stereocenters. The average Bonchev–Trinajstić information content (AvgIpc) is 3.15. The third kappa shape index (κ3) is 2.35. The Morgan fingerprint density at radius 3 is 2.83 bits per heavy atom. The number of nitrogens with zero attached hydrogens (tertiary/aromatic N) is 1. The SMILES string of the molecule is Cc1ccccc1Cc1nc(C2CC2)cc(=O)[nH]1. The van der Waals surface area contributed by atoms with E-state index >= 15 is 0 Å². The minimum absolute atomic E-state index is 0.0320. The van der Waals surface area contributed by atoms with Crippen LogP contribution in [0.5, 0.6) is 0 Å². The van der Waals surface area contributed by atoms with Gasteiger partial charge in [0.25, 0.3) is 5.56 Å². The van der Waals surface area contributed by atoms with E-state index < -0.39 is 0 Å². The van der Waals surface area contributed by atoms with E-state index in [1.165, 1.54) is 24.0 Å². The van der Waals surface area contributed by atoms with Crippen molar-refractivity contribution in [3.8, 4) is 0 Å². The third-order valence-corrected chi connectivity index (χ3v) is 3.43. The topological polar surface area (TPSA) is 45.8 Å². The zero-order valence-electron chi connectivity index (χ0n) is 10.4. The van der Waals surface area contributed by atoms with Crippen LogP contribution in [0.2, 0.25) is 0 Å². The highest BCUT2D eigenvalue weighted by atomic mass is 16.1. The lowest BCUT2D eigenvalue weighted by Gasteiger charge is -2.06. The molecular formula is C15H16N2O. The standard InChI is InChI=1S/C15H16N2O/c1-10-4-2-3-5-12(10)8-14-16-13(11-6-7-11)9-15(18)17-14/h2-5,9,11H,6-8H2,1H3,(H,16,17,18). The summed E-state index contributed by atoms with van der Waals surface area (Å²) in [6.07, 6.45) is 3.03. The molecule has 3 nitrogen and oxygen atoms in total. The molecule has 1 N–H and O–H groups in total. The first-order valence-electron chi connectivity index (χ1n) is 6.37. The zero-order valence-corrected chi connectivity index (χ0v) is 10.4. The second-order valence-corrected chi connectivity index (χ2v) is 4.99. The Morgan fingerprint density at radius 1 is 1.33 bits per heavy atom. The molecule has 0 aliphatic heterocycles. The van der Waals surface area contributed by atoms with E-state index in [0.29, 0.717) is 12.3 Å². The van der Waals surface area contributed by atoms with E-state index in [4.69, 9.17) is 0 Å². The molecule has 92 valence electrons. The number of rotatable bonds is 3. The van der Waals surface area contributed by atoms with E-state index in [0.717, 1.165) is 11.5 Å². The van der Waals surface area contributed by atoms with Crippen LogP contribution in [0.15, 0.2) is 35.1 Å². The predicted octanol–water partition coefficient (Wildman–Crippen LogP) is 2.55. The summed E-state index contributed by atoms with van der Waals surface area (Å²) in [4.78, 5) is 19.0. The molecule has 3 rings (SSSR count). The molecule has 0 radical (unpaired) electrons. The van der Waals surface area contributed by atoms with Gasteiger partial charge in [0.15, 0.2) is 0 Å². The van der Waals surface area contributed by atoms with E-state index in [-0.39, 0.29) is 5.56 Å². The van der Waals surface area contributed by atoms with Gasteiger partial charge in [-0.1, -0.05) is 24.3 Å². The smallest absolute Gasteiger partial charge is 0.251 e. The van der Waals surface area contributed by atoms with Crippen molar-refractivity contribution in [2.24, 2.45) is 0 Å². The summed E-state index contributed by atoms with van der Waals surface area (Å²) >= 11 is 0. The molecule has 1 heterocycles. The summed E-state index contributed by atoms with van der Waals surface area (Å²) in [6, 6.07) is 9.84. The Labute approximate surface area is 106 Å². The molecule has 1 saturated carbocycles. The molecule has 1 fully saturated rings. The van der Waals surface area contributed by atoms with Crippen LogP contribution in [0.3, 0.4) is 0 Å². The molecule has 0 spiro atoms. The summed E-state index contributed by atoms with van der Waals surface area (Å²) in [6.45, 7) is 2.08. The molecule has 18 heavy (non-hydrogen) atoms. The van der Waals surface area contributed by atoms with Crippen LogP contribution >= 0.6 is 0 Å². The number of aromatic nitrogens is 2. The fourth-order valence-electron chi connectivity index (χ4n) is 2.19. The lowest BCUT2D eigenvalue weighted by atomic mass is 10.1. The van der Waals surface area contributed by atoms with Crippen LogP contribution < -0.4 is 5.56 Å². The number of hydrogen-bond donors (Lipinski definition) is 1. The van der Waals surface area contributed by atoms with Crippen molar-refractivity contribution in [3.63, 3.8) is 0 Å². The van der Waals surface area contributed by atoms with Crippen LogP contribution in [-0.4, -0.2) is 9.97 Å². The number of benzene rings is 1. The minimum Gasteiger partial charge on any atom is -0.310 e. The normalized spacial score (nSPS) is 14.7. The summed E-state index contributed by atoms with van der Waals surface area (Å²) in [5.41, 5.74) is 3.38. The molecule has 2 aromatic rings. The van der Waals surface area contributed by atoms with E-state index in [9.17, 15) is 4.79 Å². The second kappa shape index (κ2) is 4.41. The van der Waals surface area contributed by atoms with E-state index in [1.807, 2.05) is 12.1 Å². The maximum absolute atomic E-state index is 11.6. The first-order chi connectivity index (χ1) is 8.72. The van der Waals surface area contributed by atoms with Crippen molar-refractivity contribution in [1.29, 1.82) is 0 Å². The lowest BCUT2D eigenvalue weighted by molar-refractivity contribution is 0.879. The van der Waals surface area contributed by atoms with Gasteiger partial charge in [0.2, 0.25) is 0 Å². The fraction of sp³-hybridized carbons (Fsp3) is 0.333. The Bertz CT molecular complexity index is 626. The van der Waals surface area contributed by atoms with Crippen molar-refractivity contribution >= 4 is 0 Å². The minimum atomic E-state index is -0.0320. The Morgan fingerprint density at radius 2 is 2.11 bits per heavy atom. The largest absolute Gasteiger partial charge is 0.310 e. The highest BCUT2D eigenvalue weighted by molar-refractivity contribution is 5.28. The summed E-state index contributed by atoms with van der Waals surface area (Å²) < 4.78 is 0. The number of hydrogen-bond acceptors (Lipinski definition) is 2. The molecule has 0 amide bonds. The van der Waals surface area contributed by atoms with Crippen LogP contribution in [0, 0.1) is 6.92 Å². The quantitative estimate of drug-likeness (QED) is 0.896. The van der Waals surface area contributed by atoms with Crippen LogP contribution in [-0.2, 0) is 6.42 Å². The van der Waals surface area contributed by atoms with Crippen LogP contribution in [0.1, 0.15) is 41.4 Å². The van der Waals surface area contributed by atoms with Gasteiger partial charge in [-0.15, -0.1) is 0 Å². The molecule has 0 unspecified atom stereocenters. The molecule has 0 bridgehead atoms. The van der Waals surface area contributed by atoms with Crippen LogP contribution in [0.25, 0.3) is 0 Å². The van der Waals surface area contributed by atoms with Crippen molar-refractivity contribution in [1.82, 2.24) is 9.97 Å². The Hall–Kier alpha value is -1.90. The van der Waals surface area contributed by atoms with Crippen LogP contribution in [0.4, 0.5) is 0 Å². The second-order valence-electron chi connectivity index (χ2n) is 4.99. The lowest BCUT2D eigenvalue weighted by Crippen LogP contribution is -2.13. The van der Waals surface area contributed by atoms with Crippen molar-refractivity contribution in [3.05, 3.63) is 63.3 Å². The summed E-state index contributed by atoms with van der Waals surface area (Å²) in [5, 5.41) is 0. The average molecular weight is 240 g/mol. The predicted molar refractivity (Wildman–Crippen MR) is 70.8 cm³/mol.